The average Bonchev–Trinajstić information content (AvgIpc) is 2.78. The summed E-state index contributed by atoms with van der Waals surface area (Å²) in [5.74, 6) is 1.71. The first-order valence-corrected chi connectivity index (χ1v) is 6.22. The molecule has 0 spiro atoms. The summed E-state index contributed by atoms with van der Waals surface area (Å²) in [7, 11) is 0. The van der Waals surface area contributed by atoms with E-state index in [1.807, 2.05) is 23.8 Å². The van der Waals surface area contributed by atoms with Gasteiger partial charge < -0.3 is 15.8 Å². The molecule has 90 valence electrons. The Morgan fingerprint density at radius 1 is 1.47 bits per heavy atom. The largest absolute Gasteiger partial charge is 0.384 e. The highest BCUT2D eigenvalue weighted by molar-refractivity contribution is 7.08. The Morgan fingerprint density at radius 2 is 2.35 bits per heavy atom. The monoisotopic (exact) mass is 250 g/mol. The van der Waals surface area contributed by atoms with Gasteiger partial charge in [-0.1, -0.05) is 0 Å². The summed E-state index contributed by atoms with van der Waals surface area (Å²) >= 11 is 1.62. The van der Waals surface area contributed by atoms with Crippen LogP contribution in [0.5, 0.6) is 0 Å². The minimum atomic E-state index is 0.375. The molecular weight excluding hydrogens is 236 g/mol. The number of nitrogen functional groups attached to an aromatic ring is 1. The van der Waals surface area contributed by atoms with Gasteiger partial charge in [0, 0.05) is 18.1 Å². The molecule has 17 heavy (non-hydrogen) atoms. The Hall–Kier alpha value is -1.66. The molecule has 3 N–H and O–H groups in total. The molecule has 0 saturated carbocycles. The van der Waals surface area contributed by atoms with E-state index in [1.54, 1.807) is 17.4 Å². The van der Waals surface area contributed by atoms with E-state index in [9.17, 15) is 0 Å². The number of hydrogen-bond donors (Lipinski definition) is 2. The van der Waals surface area contributed by atoms with Crippen LogP contribution >= 0.6 is 11.3 Å². The van der Waals surface area contributed by atoms with E-state index in [0.29, 0.717) is 30.7 Å². The van der Waals surface area contributed by atoms with Crippen molar-refractivity contribution < 1.29 is 4.74 Å². The van der Waals surface area contributed by atoms with Gasteiger partial charge in [-0.05, 0) is 18.4 Å². The zero-order chi connectivity index (χ0) is 12.1. The molecule has 0 unspecified atom stereocenters. The molecule has 0 aliphatic heterocycles. The van der Waals surface area contributed by atoms with Crippen LogP contribution in [0.15, 0.2) is 22.9 Å². The quantitative estimate of drug-likeness (QED) is 0.852. The standard InChI is InChI=1S/C11H14N4OS/c1-2-16-6-11-14-9(12)5-10(15-11)13-8-3-4-17-7-8/h3-5,7H,2,6H2,1H3,(H3,12,13,14,15). The fourth-order valence-corrected chi connectivity index (χ4v) is 1.91. The summed E-state index contributed by atoms with van der Waals surface area (Å²) in [6.07, 6.45) is 0. The first-order chi connectivity index (χ1) is 8.28. The van der Waals surface area contributed by atoms with Crippen molar-refractivity contribution in [1.82, 2.24) is 9.97 Å². The van der Waals surface area contributed by atoms with Crippen molar-refractivity contribution in [1.29, 1.82) is 0 Å². The second-order valence-corrected chi connectivity index (χ2v) is 4.15. The Balaban J connectivity index is 2.13. The average molecular weight is 250 g/mol. The molecule has 6 heteroatoms. The highest BCUT2D eigenvalue weighted by Crippen LogP contribution is 2.18. The van der Waals surface area contributed by atoms with Crippen LogP contribution in [0.4, 0.5) is 17.3 Å². The predicted octanol–water partition coefficient (Wildman–Crippen LogP) is 2.40. The molecule has 0 radical (unpaired) electrons. The van der Waals surface area contributed by atoms with Gasteiger partial charge in [-0.3, -0.25) is 0 Å². The molecule has 0 amide bonds. The van der Waals surface area contributed by atoms with Gasteiger partial charge in [-0.15, -0.1) is 0 Å². The summed E-state index contributed by atoms with van der Waals surface area (Å²) in [6.45, 7) is 2.93. The lowest BCUT2D eigenvalue weighted by molar-refractivity contribution is 0.128. The van der Waals surface area contributed by atoms with Crippen LogP contribution in [-0.2, 0) is 11.3 Å². The van der Waals surface area contributed by atoms with Gasteiger partial charge in [0.05, 0.1) is 5.69 Å². The third-order valence-corrected chi connectivity index (χ3v) is 2.70. The normalized spacial score (nSPS) is 10.4. The molecule has 2 aromatic rings. The number of nitrogens with zero attached hydrogens (tertiary/aromatic N) is 2. The lowest BCUT2D eigenvalue weighted by atomic mass is 10.4. The summed E-state index contributed by atoms with van der Waals surface area (Å²) in [5.41, 5.74) is 6.71. The zero-order valence-electron chi connectivity index (χ0n) is 9.51. The van der Waals surface area contributed by atoms with Crippen molar-refractivity contribution >= 4 is 28.7 Å². The second-order valence-electron chi connectivity index (χ2n) is 3.37. The molecule has 0 bridgehead atoms. The lowest BCUT2D eigenvalue weighted by Gasteiger charge is -2.07. The number of ether oxygens (including phenoxy) is 1. The van der Waals surface area contributed by atoms with Crippen LogP contribution in [-0.4, -0.2) is 16.6 Å². The van der Waals surface area contributed by atoms with Gasteiger partial charge in [0.25, 0.3) is 0 Å². The van der Waals surface area contributed by atoms with E-state index in [1.165, 1.54) is 0 Å². The zero-order valence-corrected chi connectivity index (χ0v) is 10.3. The maximum absolute atomic E-state index is 5.72. The Bertz CT molecular complexity index is 472. The molecule has 2 rings (SSSR count). The van der Waals surface area contributed by atoms with E-state index in [2.05, 4.69) is 15.3 Å². The third kappa shape index (κ3) is 3.40. The van der Waals surface area contributed by atoms with Gasteiger partial charge in [-0.25, -0.2) is 9.97 Å². The summed E-state index contributed by atoms with van der Waals surface area (Å²) in [6, 6.07) is 3.68. The Morgan fingerprint density at radius 3 is 3.06 bits per heavy atom. The topological polar surface area (TPSA) is 73.1 Å². The van der Waals surface area contributed by atoms with Crippen LogP contribution in [0.2, 0.25) is 0 Å². The molecule has 0 aromatic carbocycles. The SMILES string of the molecule is CCOCc1nc(N)cc(Nc2ccsc2)n1. The van der Waals surface area contributed by atoms with Crippen LogP contribution in [0.3, 0.4) is 0 Å². The van der Waals surface area contributed by atoms with Gasteiger partial charge in [-0.2, -0.15) is 11.3 Å². The molecule has 2 heterocycles. The number of thiophene rings is 1. The first-order valence-electron chi connectivity index (χ1n) is 5.28. The minimum Gasteiger partial charge on any atom is -0.384 e. The van der Waals surface area contributed by atoms with Gasteiger partial charge in [0.1, 0.15) is 18.2 Å². The van der Waals surface area contributed by atoms with Gasteiger partial charge in [0.2, 0.25) is 0 Å². The fraction of sp³-hybridized carbons (Fsp3) is 0.273. The highest BCUT2D eigenvalue weighted by atomic mass is 32.1. The van der Waals surface area contributed by atoms with Crippen molar-refractivity contribution in [2.75, 3.05) is 17.7 Å². The van der Waals surface area contributed by atoms with Crippen molar-refractivity contribution in [3.8, 4) is 0 Å². The Kier molecular flexibility index (Phi) is 3.89. The Labute approximate surface area is 104 Å². The molecule has 0 fully saturated rings. The van der Waals surface area contributed by atoms with E-state index in [0.717, 1.165) is 5.69 Å². The van der Waals surface area contributed by atoms with Gasteiger partial charge in [0.15, 0.2) is 5.82 Å². The fourth-order valence-electron chi connectivity index (χ4n) is 1.32. The van der Waals surface area contributed by atoms with Crippen LogP contribution in [0.1, 0.15) is 12.7 Å². The number of hydrogen-bond acceptors (Lipinski definition) is 6. The number of rotatable bonds is 5. The predicted molar refractivity (Wildman–Crippen MR) is 69.4 cm³/mol. The summed E-state index contributed by atoms with van der Waals surface area (Å²) in [4.78, 5) is 8.43. The molecule has 2 aromatic heterocycles. The molecule has 0 aliphatic carbocycles. The third-order valence-electron chi connectivity index (χ3n) is 2.02. The first kappa shape index (κ1) is 11.8. The van der Waals surface area contributed by atoms with Crippen molar-refractivity contribution in [3.05, 3.63) is 28.7 Å². The van der Waals surface area contributed by atoms with Crippen LogP contribution < -0.4 is 11.1 Å². The van der Waals surface area contributed by atoms with Crippen LogP contribution in [0.25, 0.3) is 0 Å². The van der Waals surface area contributed by atoms with Crippen molar-refractivity contribution in [2.45, 2.75) is 13.5 Å². The molecular formula is C11H14N4OS. The molecule has 0 atom stereocenters. The van der Waals surface area contributed by atoms with E-state index in [-0.39, 0.29) is 0 Å². The van der Waals surface area contributed by atoms with Gasteiger partial charge >= 0.3 is 0 Å². The second kappa shape index (κ2) is 5.60. The number of aromatic nitrogens is 2. The summed E-state index contributed by atoms with van der Waals surface area (Å²) in [5, 5.41) is 7.16. The highest BCUT2D eigenvalue weighted by Gasteiger charge is 2.03. The maximum atomic E-state index is 5.72. The number of anilines is 3. The van der Waals surface area contributed by atoms with E-state index in [4.69, 9.17) is 10.5 Å². The molecule has 0 aliphatic rings. The van der Waals surface area contributed by atoms with E-state index >= 15 is 0 Å². The van der Waals surface area contributed by atoms with Crippen molar-refractivity contribution in [2.24, 2.45) is 0 Å². The van der Waals surface area contributed by atoms with E-state index < -0.39 is 0 Å². The molecule has 5 nitrogen and oxygen atoms in total. The number of nitrogens with one attached hydrogen (secondary N) is 1. The minimum absolute atomic E-state index is 0.375. The lowest BCUT2D eigenvalue weighted by Crippen LogP contribution is -2.05. The summed E-state index contributed by atoms with van der Waals surface area (Å²) < 4.78 is 5.26. The molecule has 0 saturated heterocycles. The van der Waals surface area contributed by atoms with Crippen LogP contribution in [0, 0.1) is 0 Å². The number of nitrogens with two attached hydrogens (primary N) is 1. The van der Waals surface area contributed by atoms with Crippen molar-refractivity contribution in [3.63, 3.8) is 0 Å². The maximum Gasteiger partial charge on any atom is 0.158 e. The smallest absolute Gasteiger partial charge is 0.158 e.